The van der Waals surface area contributed by atoms with Gasteiger partial charge in [0.2, 0.25) is 5.91 Å². The Balaban J connectivity index is 2.41. The van der Waals surface area contributed by atoms with Crippen LogP contribution < -0.4 is 0 Å². The summed E-state index contributed by atoms with van der Waals surface area (Å²) in [5.74, 6) is -1.36. The molecule has 6 nitrogen and oxygen atoms in total. The number of hydrogen-bond acceptors (Lipinski definition) is 4. The van der Waals surface area contributed by atoms with E-state index in [0.717, 1.165) is 18.2 Å². The molecule has 1 N–H and O–H groups in total. The molecule has 1 aromatic rings. The fourth-order valence-corrected chi connectivity index (χ4v) is 4.74. The number of carboxylic acid groups (broad SMARTS) is 1. The van der Waals surface area contributed by atoms with E-state index in [1.807, 2.05) is 0 Å². The van der Waals surface area contributed by atoms with Crippen molar-refractivity contribution >= 4 is 21.8 Å². The van der Waals surface area contributed by atoms with Gasteiger partial charge in [0.25, 0.3) is 0 Å². The number of alkyl halides is 3. The average molecular weight is 393 g/mol. The number of hydrogen-bond donors (Lipinski definition) is 1. The average Bonchev–Trinajstić information content (AvgIpc) is 2.54. The summed E-state index contributed by atoms with van der Waals surface area (Å²) >= 11 is 0. The van der Waals surface area contributed by atoms with Gasteiger partial charge in [0.15, 0.2) is 9.84 Å². The lowest BCUT2D eigenvalue weighted by atomic mass is 9.87. The number of benzene rings is 1. The summed E-state index contributed by atoms with van der Waals surface area (Å²) in [5, 5.41) is 9.07. The highest BCUT2D eigenvalue weighted by Crippen LogP contribution is 2.39. The third kappa shape index (κ3) is 3.55. The molecule has 1 atom stereocenters. The zero-order valence-corrected chi connectivity index (χ0v) is 14.9. The minimum absolute atomic E-state index is 0.133. The zero-order valence-electron chi connectivity index (χ0n) is 14.1. The van der Waals surface area contributed by atoms with Crippen LogP contribution in [0.2, 0.25) is 0 Å². The van der Waals surface area contributed by atoms with Crippen LogP contribution in [-0.2, 0) is 20.8 Å². The van der Waals surface area contributed by atoms with Gasteiger partial charge >= 0.3 is 12.3 Å². The van der Waals surface area contributed by atoms with Gasteiger partial charge in [0, 0.05) is 13.0 Å². The molecule has 1 fully saturated rings. The molecule has 0 bridgehead atoms. The van der Waals surface area contributed by atoms with Crippen LogP contribution in [0.5, 0.6) is 0 Å². The Morgan fingerprint density at radius 3 is 2.42 bits per heavy atom. The van der Waals surface area contributed by atoms with Gasteiger partial charge in [-0.25, -0.2) is 18.1 Å². The number of carbonyl (C=O) groups is 2. The molecular weight excluding hydrogens is 375 g/mol. The van der Waals surface area contributed by atoms with Crippen LogP contribution >= 0.6 is 0 Å². The van der Waals surface area contributed by atoms with Crippen LogP contribution in [0.3, 0.4) is 0 Å². The summed E-state index contributed by atoms with van der Waals surface area (Å²) in [6.45, 7) is 2.35. The molecule has 1 aromatic carbocycles. The number of amides is 2. The van der Waals surface area contributed by atoms with E-state index in [0.29, 0.717) is 11.0 Å². The Bertz CT molecular complexity index is 833. The first-order valence-electron chi connectivity index (χ1n) is 7.73. The molecule has 1 unspecified atom stereocenters. The lowest BCUT2D eigenvalue weighted by Crippen LogP contribution is -2.52. The van der Waals surface area contributed by atoms with Crippen molar-refractivity contribution in [2.75, 3.05) is 6.54 Å². The first-order chi connectivity index (χ1) is 11.8. The topological polar surface area (TPSA) is 91.8 Å². The van der Waals surface area contributed by atoms with Crippen molar-refractivity contribution in [3.05, 3.63) is 29.8 Å². The summed E-state index contributed by atoms with van der Waals surface area (Å²) in [6.07, 6.45) is -6.17. The smallest absolute Gasteiger partial charge is 0.416 e. The maximum atomic E-state index is 13.0. The number of sulfone groups is 1. The number of rotatable bonds is 3. The van der Waals surface area contributed by atoms with Crippen LogP contribution in [0.15, 0.2) is 29.2 Å². The van der Waals surface area contributed by atoms with Crippen LogP contribution in [-0.4, -0.2) is 41.7 Å². The molecule has 1 aliphatic rings. The SMILES string of the molecule is CC(C)(C1CCC(=O)N(C(=O)O)C1)S(=O)(=O)c1cccc(C(F)(F)F)c1. The van der Waals surface area contributed by atoms with Crippen molar-refractivity contribution in [2.45, 2.75) is 42.5 Å². The number of halogens is 3. The number of piperidine rings is 1. The number of nitrogens with zero attached hydrogens (tertiary/aromatic N) is 1. The largest absolute Gasteiger partial charge is 0.465 e. The van der Waals surface area contributed by atoms with Gasteiger partial charge in [-0.3, -0.25) is 4.79 Å². The van der Waals surface area contributed by atoms with Crippen molar-refractivity contribution in [3.8, 4) is 0 Å². The summed E-state index contributed by atoms with van der Waals surface area (Å²) < 4.78 is 63.0. The lowest BCUT2D eigenvalue weighted by molar-refractivity contribution is -0.137. The molecule has 26 heavy (non-hydrogen) atoms. The highest BCUT2D eigenvalue weighted by molar-refractivity contribution is 7.92. The molecule has 1 heterocycles. The predicted octanol–water partition coefficient (Wildman–Crippen LogP) is 3.17. The Labute approximate surface area is 148 Å². The second-order valence-electron chi connectivity index (χ2n) is 6.65. The molecule has 2 amide bonds. The molecule has 0 aromatic heterocycles. The molecule has 1 saturated heterocycles. The Morgan fingerprint density at radius 1 is 1.27 bits per heavy atom. The van der Waals surface area contributed by atoms with E-state index in [-0.39, 0.29) is 19.4 Å². The zero-order chi connectivity index (χ0) is 19.9. The van der Waals surface area contributed by atoms with Crippen LogP contribution in [0.25, 0.3) is 0 Å². The monoisotopic (exact) mass is 393 g/mol. The lowest BCUT2D eigenvalue weighted by Gasteiger charge is -2.39. The van der Waals surface area contributed by atoms with E-state index < -0.39 is 49.1 Å². The molecule has 0 saturated carbocycles. The van der Waals surface area contributed by atoms with E-state index in [9.17, 15) is 31.2 Å². The van der Waals surface area contributed by atoms with Gasteiger partial charge in [0.1, 0.15) is 0 Å². The number of carbonyl (C=O) groups excluding carboxylic acids is 1. The van der Waals surface area contributed by atoms with Crippen LogP contribution in [0, 0.1) is 5.92 Å². The third-order valence-corrected chi connectivity index (χ3v) is 7.38. The minimum atomic E-state index is -4.69. The molecule has 0 aliphatic carbocycles. The van der Waals surface area contributed by atoms with E-state index in [1.165, 1.54) is 13.8 Å². The highest BCUT2D eigenvalue weighted by Gasteiger charge is 2.47. The van der Waals surface area contributed by atoms with E-state index in [2.05, 4.69) is 0 Å². The van der Waals surface area contributed by atoms with Crippen molar-refractivity contribution < 1.29 is 36.3 Å². The van der Waals surface area contributed by atoms with Gasteiger partial charge in [-0.15, -0.1) is 0 Å². The highest BCUT2D eigenvalue weighted by atomic mass is 32.2. The fraction of sp³-hybridized carbons (Fsp3) is 0.500. The molecule has 0 spiro atoms. The first-order valence-corrected chi connectivity index (χ1v) is 9.22. The third-order valence-electron chi connectivity index (χ3n) is 4.79. The molecular formula is C16H18F3NO5S. The molecule has 2 rings (SSSR count). The number of likely N-dealkylation sites (tertiary alicyclic amines) is 1. The van der Waals surface area contributed by atoms with E-state index in [4.69, 9.17) is 5.11 Å². The normalized spacial score (nSPS) is 19.5. The summed E-state index contributed by atoms with van der Waals surface area (Å²) in [5.41, 5.74) is -1.08. The van der Waals surface area contributed by atoms with Gasteiger partial charge < -0.3 is 5.11 Å². The fourth-order valence-electron chi connectivity index (χ4n) is 2.96. The predicted molar refractivity (Wildman–Crippen MR) is 85.2 cm³/mol. The Kier molecular flexibility index (Phi) is 5.10. The quantitative estimate of drug-likeness (QED) is 0.852. The van der Waals surface area contributed by atoms with Crippen molar-refractivity contribution in [1.29, 1.82) is 0 Å². The van der Waals surface area contributed by atoms with Crippen molar-refractivity contribution in [3.63, 3.8) is 0 Å². The van der Waals surface area contributed by atoms with Crippen LogP contribution in [0.4, 0.5) is 18.0 Å². The van der Waals surface area contributed by atoms with Crippen molar-refractivity contribution in [1.82, 2.24) is 4.90 Å². The summed E-state index contributed by atoms with van der Waals surface area (Å²) in [4.78, 5) is 22.9. The Hall–Kier alpha value is -2.10. The maximum absolute atomic E-state index is 13.0. The molecule has 0 radical (unpaired) electrons. The molecule has 144 valence electrons. The number of imide groups is 1. The first kappa shape index (κ1) is 20.2. The molecule has 10 heteroatoms. The summed E-state index contributed by atoms with van der Waals surface area (Å²) in [6, 6.07) is 3.44. The van der Waals surface area contributed by atoms with Crippen molar-refractivity contribution in [2.24, 2.45) is 5.92 Å². The second kappa shape index (κ2) is 6.57. The van der Waals surface area contributed by atoms with Gasteiger partial charge in [-0.2, -0.15) is 13.2 Å². The standard InChI is InChI=1S/C16H18F3NO5S/c1-15(2,11-6-7-13(21)20(9-11)14(22)23)26(24,25)12-5-3-4-10(8-12)16(17,18)19/h3-5,8,11H,6-7,9H2,1-2H3,(H,22,23). The van der Waals surface area contributed by atoms with E-state index in [1.54, 1.807) is 0 Å². The van der Waals surface area contributed by atoms with Gasteiger partial charge in [-0.05, 0) is 44.4 Å². The Morgan fingerprint density at radius 2 is 1.88 bits per heavy atom. The van der Waals surface area contributed by atoms with E-state index >= 15 is 0 Å². The second-order valence-corrected chi connectivity index (χ2v) is 9.19. The summed E-state index contributed by atoms with van der Waals surface area (Å²) in [7, 11) is -4.22. The minimum Gasteiger partial charge on any atom is -0.465 e. The molecule has 1 aliphatic heterocycles. The van der Waals surface area contributed by atoms with Gasteiger partial charge in [-0.1, -0.05) is 6.07 Å². The maximum Gasteiger partial charge on any atom is 0.416 e. The van der Waals surface area contributed by atoms with Gasteiger partial charge in [0.05, 0.1) is 15.2 Å². The van der Waals surface area contributed by atoms with Crippen LogP contribution in [0.1, 0.15) is 32.3 Å².